The molecule has 1 saturated carbocycles. The van der Waals surface area contributed by atoms with E-state index in [-0.39, 0.29) is 35.7 Å². The minimum Gasteiger partial charge on any atom is -0.507 e. The number of carbonyl (C=O) groups is 2. The van der Waals surface area contributed by atoms with E-state index >= 15 is 0 Å². The summed E-state index contributed by atoms with van der Waals surface area (Å²) in [4.78, 5) is 22.6. The van der Waals surface area contributed by atoms with Crippen LogP contribution in [0.3, 0.4) is 0 Å². The van der Waals surface area contributed by atoms with Gasteiger partial charge in [-0.3, -0.25) is 9.59 Å². The third-order valence-electron chi connectivity index (χ3n) is 2.34. The molecule has 2 rings (SSSR count). The fourth-order valence-corrected chi connectivity index (χ4v) is 1.55. The number of ketones is 2. The van der Waals surface area contributed by atoms with E-state index in [2.05, 4.69) is 0 Å². The Kier molecular flexibility index (Phi) is 2.72. The zero-order chi connectivity index (χ0) is 11.5. The maximum atomic E-state index is 11.3. The van der Waals surface area contributed by atoms with Crippen LogP contribution in [0.5, 0.6) is 0 Å². The molecule has 0 saturated heterocycles. The summed E-state index contributed by atoms with van der Waals surface area (Å²) in [7, 11) is 0. The summed E-state index contributed by atoms with van der Waals surface area (Å²) in [5, 5.41) is 9.60. The van der Waals surface area contributed by atoms with Crippen LogP contribution in [0.25, 0.3) is 6.08 Å². The summed E-state index contributed by atoms with van der Waals surface area (Å²) in [5.41, 5.74) is -0.0946. The third kappa shape index (κ3) is 1.95. The van der Waals surface area contributed by atoms with E-state index < -0.39 is 0 Å². The Morgan fingerprint density at radius 3 is 2.56 bits per heavy atom. The van der Waals surface area contributed by atoms with Gasteiger partial charge < -0.3 is 9.52 Å². The van der Waals surface area contributed by atoms with Crippen molar-refractivity contribution >= 4 is 17.6 Å². The second kappa shape index (κ2) is 4.18. The molecular formula is C12H10O4. The van der Waals surface area contributed by atoms with Crippen molar-refractivity contribution in [2.24, 2.45) is 0 Å². The number of Topliss-reactive ketones (excluding diaryl/α,β-unsaturated/α-hetero) is 2. The molecule has 4 nitrogen and oxygen atoms in total. The van der Waals surface area contributed by atoms with E-state index in [0.29, 0.717) is 5.76 Å². The van der Waals surface area contributed by atoms with Gasteiger partial charge in [-0.25, -0.2) is 0 Å². The highest BCUT2D eigenvalue weighted by Gasteiger charge is 2.28. The van der Waals surface area contributed by atoms with Crippen LogP contribution in [0.4, 0.5) is 0 Å². The zero-order valence-electron chi connectivity index (χ0n) is 8.47. The first-order chi connectivity index (χ1) is 7.68. The van der Waals surface area contributed by atoms with Gasteiger partial charge in [0.1, 0.15) is 17.1 Å². The van der Waals surface area contributed by atoms with Gasteiger partial charge in [0.2, 0.25) is 0 Å². The first kappa shape index (κ1) is 10.4. The van der Waals surface area contributed by atoms with Crippen molar-refractivity contribution in [3.8, 4) is 0 Å². The fraction of sp³-hybridized carbons (Fsp3) is 0.167. The predicted molar refractivity (Wildman–Crippen MR) is 56.6 cm³/mol. The summed E-state index contributed by atoms with van der Waals surface area (Å²) in [6.07, 6.45) is 4.67. The standard InChI is InChI=1S/C12H10O4/c13-9(4-3-8-2-1-7-16-8)12-10(14)5-6-11(12)15/h1-4,7,13H,5-6H2/b4-3+. The molecular weight excluding hydrogens is 208 g/mol. The van der Waals surface area contributed by atoms with Crippen LogP contribution in [0.1, 0.15) is 18.6 Å². The van der Waals surface area contributed by atoms with Crippen LogP contribution in [0, 0.1) is 0 Å². The van der Waals surface area contributed by atoms with E-state index in [1.165, 1.54) is 18.4 Å². The lowest BCUT2D eigenvalue weighted by molar-refractivity contribution is -0.116. The van der Waals surface area contributed by atoms with Crippen molar-refractivity contribution in [3.63, 3.8) is 0 Å². The van der Waals surface area contributed by atoms with Crippen LogP contribution in [-0.4, -0.2) is 16.7 Å². The number of furan rings is 1. The van der Waals surface area contributed by atoms with Crippen LogP contribution in [0.15, 0.2) is 40.2 Å². The first-order valence-corrected chi connectivity index (χ1v) is 4.89. The predicted octanol–water partition coefficient (Wildman–Crippen LogP) is 2.04. The molecule has 0 aromatic carbocycles. The SMILES string of the molecule is O=C1CCC(=O)C1=C(O)/C=C/c1ccco1. The van der Waals surface area contributed by atoms with E-state index in [9.17, 15) is 14.7 Å². The molecule has 1 heterocycles. The quantitative estimate of drug-likeness (QED) is 0.468. The van der Waals surface area contributed by atoms with Crippen molar-refractivity contribution in [1.29, 1.82) is 0 Å². The Morgan fingerprint density at radius 1 is 1.31 bits per heavy atom. The number of allylic oxidation sites excluding steroid dienone is 2. The van der Waals surface area contributed by atoms with Crippen molar-refractivity contribution < 1.29 is 19.1 Å². The molecule has 16 heavy (non-hydrogen) atoms. The highest BCUT2D eigenvalue weighted by molar-refractivity contribution is 6.25. The number of aliphatic hydroxyl groups excluding tert-OH is 1. The smallest absolute Gasteiger partial charge is 0.170 e. The molecule has 1 aromatic heterocycles. The molecule has 0 atom stereocenters. The second-order valence-electron chi connectivity index (χ2n) is 3.46. The van der Waals surface area contributed by atoms with Gasteiger partial charge in [-0.2, -0.15) is 0 Å². The average molecular weight is 218 g/mol. The van der Waals surface area contributed by atoms with Gasteiger partial charge >= 0.3 is 0 Å². The van der Waals surface area contributed by atoms with Gasteiger partial charge in [0.15, 0.2) is 11.6 Å². The molecule has 1 aliphatic carbocycles. The lowest BCUT2D eigenvalue weighted by Crippen LogP contribution is -2.03. The number of hydrogen-bond donors (Lipinski definition) is 1. The maximum Gasteiger partial charge on any atom is 0.170 e. The monoisotopic (exact) mass is 218 g/mol. The van der Waals surface area contributed by atoms with Crippen LogP contribution >= 0.6 is 0 Å². The van der Waals surface area contributed by atoms with Crippen molar-refractivity contribution in [1.82, 2.24) is 0 Å². The molecule has 82 valence electrons. The minimum atomic E-state index is -0.299. The maximum absolute atomic E-state index is 11.3. The third-order valence-corrected chi connectivity index (χ3v) is 2.34. The Balaban J connectivity index is 2.24. The van der Waals surface area contributed by atoms with E-state index in [1.807, 2.05) is 0 Å². The summed E-state index contributed by atoms with van der Waals surface area (Å²) in [6, 6.07) is 3.41. The summed E-state index contributed by atoms with van der Waals surface area (Å²) in [6.45, 7) is 0. The normalized spacial score (nSPS) is 16.4. The van der Waals surface area contributed by atoms with Crippen LogP contribution < -0.4 is 0 Å². The van der Waals surface area contributed by atoms with Crippen molar-refractivity contribution in [2.75, 3.05) is 0 Å². The van der Waals surface area contributed by atoms with Gasteiger partial charge in [0.05, 0.1) is 6.26 Å². The molecule has 1 fully saturated rings. The molecule has 1 N–H and O–H groups in total. The van der Waals surface area contributed by atoms with Crippen molar-refractivity contribution in [3.05, 3.63) is 41.6 Å². The lowest BCUT2D eigenvalue weighted by Gasteiger charge is -1.95. The van der Waals surface area contributed by atoms with Crippen LogP contribution in [0.2, 0.25) is 0 Å². The Bertz CT molecular complexity index is 459. The molecule has 0 aliphatic heterocycles. The molecule has 0 spiro atoms. The zero-order valence-corrected chi connectivity index (χ0v) is 8.47. The number of hydrogen-bond acceptors (Lipinski definition) is 4. The Hall–Kier alpha value is -2.10. The van der Waals surface area contributed by atoms with Gasteiger partial charge in [-0.1, -0.05) is 0 Å². The van der Waals surface area contributed by atoms with Crippen LogP contribution in [-0.2, 0) is 9.59 Å². The van der Waals surface area contributed by atoms with Crippen molar-refractivity contribution in [2.45, 2.75) is 12.8 Å². The summed E-state index contributed by atoms with van der Waals surface area (Å²) >= 11 is 0. The summed E-state index contributed by atoms with van der Waals surface area (Å²) in [5.74, 6) is -0.341. The number of carbonyl (C=O) groups excluding carboxylic acids is 2. The lowest BCUT2D eigenvalue weighted by atomic mass is 10.1. The topological polar surface area (TPSA) is 67.5 Å². The fourth-order valence-electron chi connectivity index (χ4n) is 1.55. The van der Waals surface area contributed by atoms with Gasteiger partial charge in [0.25, 0.3) is 0 Å². The molecule has 0 radical (unpaired) electrons. The molecule has 1 aromatic rings. The second-order valence-corrected chi connectivity index (χ2v) is 3.46. The number of rotatable bonds is 2. The summed E-state index contributed by atoms with van der Waals surface area (Å²) < 4.78 is 5.01. The molecule has 0 amide bonds. The Labute approximate surface area is 91.9 Å². The first-order valence-electron chi connectivity index (χ1n) is 4.89. The molecule has 1 aliphatic rings. The van der Waals surface area contributed by atoms with Gasteiger partial charge in [-0.15, -0.1) is 0 Å². The highest BCUT2D eigenvalue weighted by atomic mass is 16.3. The highest BCUT2D eigenvalue weighted by Crippen LogP contribution is 2.20. The van der Waals surface area contributed by atoms with E-state index in [4.69, 9.17) is 4.42 Å². The molecule has 0 bridgehead atoms. The Morgan fingerprint density at radius 2 is 2.00 bits per heavy atom. The van der Waals surface area contributed by atoms with E-state index in [1.54, 1.807) is 12.1 Å². The minimum absolute atomic E-state index is 0.0946. The van der Waals surface area contributed by atoms with Gasteiger partial charge in [0, 0.05) is 12.8 Å². The molecule has 0 unspecified atom stereocenters. The largest absolute Gasteiger partial charge is 0.507 e. The average Bonchev–Trinajstić information content (AvgIpc) is 2.86. The van der Waals surface area contributed by atoms with Gasteiger partial charge in [-0.05, 0) is 24.3 Å². The molecule has 4 heteroatoms. The van der Waals surface area contributed by atoms with E-state index in [0.717, 1.165) is 0 Å². The number of aliphatic hydroxyl groups is 1.